The minimum Gasteiger partial charge on any atom is -0.394 e. The van der Waals surface area contributed by atoms with Gasteiger partial charge in [0.2, 0.25) is 53.2 Å². The number of hydrogen-bond acceptors (Lipinski definition) is 11. The van der Waals surface area contributed by atoms with Gasteiger partial charge in [0.25, 0.3) is 0 Å². The Morgan fingerprint density at radius 3 is 1.58 bits per heavy atom. The molecule has 19 nitrogen and oxygen atoms in total. The van der Waals surface area contributed by atoms with Gasteiger partial charge in [-0.25, -0.2) is 0 Å². The summed E-state index contributed by atoms with van der Waals surface area (Å²) in [6.07, 6.45) is 8.33. The Morgan fingerprint density at radius 2 is 1.10 bits per heavy atom. The molecule has 0 aromatic rings. The summed E-state index contributed by atoms with van der Waals surface area (Å²) in [7, 11) is 0. The summed E-state index contributed by atoms with van der Waals surface area (Å²) in [6.45, 7) is 14.0. The van der Waals surface area contributed by atoms with Crippen molar-refractivity contribution in [2.75, 3.05) is 18.6 Å². The van der Waals surface area contributed by atoms with E-state index in [1.54, 1.807) is 27.0 Å². The number of carbonyl (C=O) groups is 9. The molecule has 0 aromatic heterocycles. The minimum absolute atomic E-state index is 0.0103. The molecule has 0 unspecified atom stereocenters. The highest BCUT2D eigenvalue weighted by Crippen LogP contribution is 2.27. The summed E-state index contributed by atoms with van der Waals surface area (Å²) in [4.78, 5) is 118. The normalized spacial score (nSPS) is 17.4. The van der Waals surface area contributed by atoms with Gasteiger partial charge in [-0.3, -0.25) is 43.2 Å². The Kier molecular flexibility index (Phi) is 25.3. The van der Waals surface area contributed by atoms with Crippen LogP contribution in [-0.2, 0) is 43.2 Å². The molecule has 0 bridgehead atoms. The number of carbonyl (C=O) groups excluding carboxylic acids is 9. The maximum atomic E-state index is 13.8. The molecule has 354 valence electrons. The number of aliphatic hydroxyl groups is 1. The van der Waals surface area contributed by atoms with E-state index >= 15 is 0 Å². The van der Waals surface area contributed by atoms with Gasteiger partial charge in [-0.05, 0) is 68.8 Å². The molecule has 0 aromatic carbocycles. The molecule has 62 heavy (non-hydrogen) atoms. The minimum atomic E-state index is -1.45. The highest BCUT2D eigenvalue weighted by atomic mass is 32.2. The van der Waals surface area contributed by atoms with Crippen molar-refractivity contribution in [2.45, 2.75) is 168 Å². The van der Waals surface area contributed by atoms with E-state index in [1.165, 1.54) is 32.5 Å². The van der Waals surface area contributed by atoms with Crippen LogP contribution in [0.3, 0.4) is 0 Å². The zero-order chi connectivity index (χ0) is 47.3. The van der Waals surface area contributed by atoms with Crippen LogP contribution in [0.4, 0.5) is 0 Å². The van der Waals surface area contributed by atoms with E-state index in [4.69, 9.17) is 5.73 Å². The lowest BCUT2D eigenvalue weighted by Crippen LogP contribution is -2.61. The van der Waals surface area contributed by atoms with Crippen molar-refractivity contribution >= 4 is 64.9 Å². The van der Waals surface area contributed by atoms with E-state index in [1.807, 2.05) is 20.8 Å². The average Bonchev–Trinajstić information content (AvgIpc) is 3.20. The van der Waals surface area contributed by atoms with Crippen LogP contribution in [0.25, 0.3) is 0 Å². The molecular formula is C42H75N9O10S. The van der Waals surface area contributed by atoms with Crippen molar-refractivity contribution in [3.05, 3.63) is 0 Å². The third-order valence-electron chi connectivity index (χ3n) is 11.0. The SMILES string of the molecule is CC[C@@H](C)[C@H](NC(=O)[C@H](CC1CCCCC1)NC(C)=O)C(=O)N[C@H](C(=O)N[C@@H](C)C(=O)N[C@@H](CCSC)C(=O)N[C@@H](C)C(=O)N[C@@H](CO)C(=O)N[C@@H](CC(C)C)C(N)=O)C(C)C. The van der Waals surface area contributed by atoms with Crippen molar-refractivity contribution in [1.82, 2.24) is 42.5 Å². The summed E-state index contributed by atoms with van der Waals surface area (Å²) < 4.78 is 0. The maximum absolute atomic E-state index is 13.8. The van der Waals surface area contributed by atoms with Gasteiger partial charge in [-0.2, -0.15) is 11.8 Å². The first-order chi connectivity index (χ1) is 29.1. The first-order valence-electron chi connectivity index (χ1n) is 21.8. The molecule has 1 saturated carbocycles. The first-order valence-corrected chi connectivity index (χ1v) is 23.2. The first kappa shape index (κ1) is 55.6. The van der Waals surface area contributed by atoms with Crippen LogP contribution in [-0.4, -0.2) is 125 Å². The molecule has 9 amide bonds. The zero-order valence-electron chi connectivity index (χ0n) is 38.3. The van der Waals surface area contributed by atoms with Crippen molar-refractivity contribution in [2.24, 2.45) is 29.4 Å². The molecule has 0 spiro atoms. The van der Waals surface area contributed by atoms with Gasteiger partial charge < -0.3 is 53.4 Å². The van der Waals surface area contributed by atoms with Crippen LogP contribution in [0.15, 0.2) is 0 Å². The number of amides is 9. The largest absolute Gasteiger partial charge is 0.394 e. The quantitative estimate of drug-likeness (QED) is 0.0519. The summed E-state index contributed by atoms with van der Waals surface area (Å²) >= 11 is 1.41. The maximum Gasteiger partial charge on any atom is 0.245 e. The Morgan fingerprint density at radius 1 is 0.613 bits per heavy atom. The number of aliphatic hydroxyl groups excluding tert-OH is 1. The molecule has 1 aliphatic carbocycles. The number of rotatable bonds is 27. The summed E-state index contributed by atoms with van der Waals surface area (Å²) in [5.74, 6) is -6.08. The van der Waals surface area contributed by atoms with Crippen molar-refractivity contribution < 1.29 is 48.3 Å². The van der Waals surface area contributed by atoms with E-state index in [0.717, 1.165) is 32.1 Å². The average molecular weight is 898 g/mol. The summed E-state index contributed by atoms with van der Waals surface area (Å²) in [6, 6.07) is -9.01. The molecule has 0 heterocycles. The van der Waals surface area contributed by atoms with E-state index in [-0.39, 0.29) is 36.5 Å². The Labute approximate surface area is 371 Å². The topological polar surface area (TPSA) is 296 Å². The van der Waals surface area contributed by atoms with Gasteiger partial charge in [-0.1, -0.05) is 80.1 Å². The number of thioether (sulfide) groups is 1. The van der Waals surface area contributed by atoms with E-state index in [2.05, 4.69) is 42.5 Å². The van der Waals surface area contributed by atoms with Crippen molar-refractivity contribution in [3.8, 4) is 0 Å². The monoisotopic (exact) mass is 898 g/mol. The second-order valence-corrected chi connectivity index (χ2v) is 18.2. The molecule has 0 aliphatic heterocycles. The van der Waals surface area contributed by atoms with Crippen LogP contribution < -0.4 is 48.3 Å². The van der Waals surface area contributed by atoms with Crippen molar-refractivity contribution in [1.29, 1.82) is 0 Å². The predicted molar refractivity (Wildman–Crippen MR) is 237 cm³/mol. The lowest BCUT2D eigenvalue weighted by atomic mass is 9.84. The fourth-order valence-electron chi connectivity index (χ4n) is 7.00. The van der Waals surface area contributed by atoms with E-state index in [9.17, 15) is 48.3 Å². The molecule has 20 heteroatoms. The molecule has 11 N–H and O–H groups in total. The van der Waals surface area contributed by atoms with Gasteiger partial charge in [0.05, 0.1) is 6.61 Å². The molecule has 0 saturated heterocycles. The van der Waals surface area contributed by atoms with Crippen LogP contribution in [0.2, 0.25) is 0 Å². The number of primary amides is 1. The molecule has 1 rings (SSSR count). The van der Waals surface area contributed by atoms with Crippen LogP contribution in [0.1, 0.15) is 120 Å². The van der Waals surface area contributed by atoms with Crippen LogP contribution >= 0.6 is 11.8 Å². The van der Waals surface area contributed by atoms with E-state index in [0.29, 0.717) is 18.6 Å². The number of nitrogens with two attached hydrogens (primary N) is 1. The second kappa shape index (κ2) is 28.3. The summed E-state index contributed by atoms with van der Waals surface area (Å²) in [5, 5.41) is 30.7. The van der Waals surface area contributed by atoms with Gasteiger partial charge in [0, 0.05) is 6.92 Å². The smallest absolute Gasteiger partial charge is 0.245 e. The second-order valence-electron chi connectivity index (χ2n) is 17.2. The third-order valence-corrected chi connectivity index (χ3v) is 11.6. The highest BCUT2D eigenvalue weighted by molar-refractivity contribution is 7.98. The molecule has 1 aliphatic rings. The molecule has 1 fully saturated rings. The van der Waals surface area contributed by atoms with Gasteiger partial charge in [0.1, 0.15) is 48.3 Å². The number of hydrogen-bond donors (Lipinski definition) is 10. The Bertz CT molecular complexity index is 1530. The molecular weight excluding hydrogens is 823 g/mol. The fraction of sp³-hybridized carbons (Fsp3) is 0.786. The standard InChI is InChI=1S/C42H75N9O10S/c1-11-24(6)34(51-39(58)31(46-27(9)53)20-28-15-13-12-14-16-28)42(61)50-33(23(4)5)41(60)45-26(8)36(55)47-29(17-18-62-10)38(57)44-25(7)37(56)49-32(21-52)40(59)48-30(35(43)54)19-22(2)3/h22-26,28-34,52H,11-21H2,1-10H3,(H2,43,54)(H,44,57)(H,45,60)(H,46,53)(H,47,55)(H,48,59)(H,49,56)(H,50,61)(H,51,58)/t24-,25+,26+,29+,30+,31+,32+,33+,34+/m1/s1. The third kappa shape index (κ3) is 19.7. The predicted octanol–water partition coefficient (Wildman–Crippen LogP) is -0.126. The zero-order valence-corrected chi connectivity index (χ0v) is 39.1. The highest BCUT2D eigenvalue weighted by Gasteiger charge is 2.36. The number of nitrogens with one attached hydrogen (secondary N) is 8. The van der Waals surface area contributed by atoms with Crippen LogP contribution in [0.5, 0.6) is 0 Å². The lowest BCUT2D eigenvalue weighted by Gasteiger charge is -2.31. The Balaban J connectivity index is 3.03. The Hall–Kier alpha value is -4.46. The summed E-state index contributed by atoms with van der Waals surface area (Å²) in [5.41, 5.74) is 5.40. The fourth-order valence-corrected chi connectivity index (χ4v) is 7.47. The lowest BCUT2D eigenvalue weighted by molar-refractivity contribution is -0.136. The van der Waals surface area contributed by atoms with E-state index < -0.39 is 108 Å². The van der Waals surface area contributed by atoms with Gasteiger partial charge >= 0.3 is 0 Å². The molecule has 0 radical (unpaired) electrons. The van der Waals surface area contributed by atoms with Crippen molar-refractivity contribution in [3.63, 3.8) is 0 Å². The van der Waals surface area contributed by atoms with Gasteiger partial charge in [-0.15, -0.1) is 0 Å². The molecule has 9 atom stereocenters. The van der Waals surface area contributed by atoms with Gasteiger partial charge in [0.15, 0.2) is 0 Å². The van der Waals surface area contributed by atoms with Crippen LogP contribution in [0, 0.1) is 23.7 Å².